The molecule has 1 aromatic rings. The third-order valence-corrected chi connectivity index (χ3v) is 2.73. The molecule has 4 heteroatoms. The zero-order valence-corrected chi connectivity index (χ0v) is 10.5. The number of rotatable bonds is 6. The summed E-state index contributed by atoms with van der Waals surface area (Å²) in [5.74, 6) is -0.0136. The molecule has 0 spiro atoms. The molecule has 2 N–H and O–H groups in total. The van der Waals surface area contributed by atoms with E-state index >= 15 is 0 Å². The molecule has 0 aliphatic carbocycles. The van der Waals surface area contributed by atoms with Crippen LogP contribution in [-0.4, -0.2) is 17.6 Å². The van der Waals surface area contributed by atoms with Gasteiger partial charge in [0, 0.05) is 13.0 Å². The quantitative estimate of drug-likeness (QED) is 0.753. The highest BCUT2D eigenvalue weighted by atomic mass is 16.2. The van der Waals surface area contributed by atoms with Crippen molar-refractivity contribution in [1.29, 1.82) is 5.26 Å². The van der Waals surface area contributed by atoms with E-state index < -0.39 is 0 Å². The van der Waals surface area contributed by atoms with E-state index in [0.717, 1.165) is 5.56 Å². The third kappa shape index (κ3) is 4.56. The summed E-state index contributed by atoms with van der Waals surface area (Å²) < 4.78 is 0. The van der Waals surface area contributed by atoms with Gasteiger partial charge < -0.3 is 10.4 Å². The average Bonchev–Trinajstić information content (AvgIpc) is 2.39. The Bertz CT molecular complexity index is 420. The summed E-state index contributed by atoms with van der Waals surface area (Å²) in [5.41, 5.74) is 1.59. The van der Waals surface area contributed by atoms with Crippen LogP contribution in [0.15, 0.2) is 24.3 Å². The number of nitrogens with one attached hydrogen (secondary N) is 1. The molecule has 0 bridgehead atoms. The van der Waals surface area contributed by atoms with E-state index in [1.807, 2.05) is 19.1 Å². The van der Waals surface area contributed by atoms with Crippen molar-refractivity contribution in [3.05, 3.63) is 35.4 Å². The van der Waals surface area contributed by atoms with Gasteiger partial charge in [0.25, 0.3) is 0 Å². The largest absolute Gasteiger partial charge is 0.396 e. The zero-order valence-electron chi connectivity index (χ0n) is 10.5. The van der Waals surface area contributed by atoms with Gasteiger partial charge in [-0.25, -0.2) is 0 Å². The average molecular weight is 246 g/mol. The SMILES string of the molecule is CC(NC(=O)CCCCO)c1ccc(C#N)cc1. The maximum absolute atomic E-state index is 11.6. The van der Waals surface area contributed by atoms with Crippen molar-refractivity contribution in [1.82, 2.24) is 5.32 Å². The standard InChI is InChI=1S/C14H18N2O2/c1-11(16-14(18)4-2-3-9-17)13-7-5-12(10-15)6-8-13/h5-8,11,17H,2-4,9H2,1H3,(H,16,18). The molecule has 0 aliphatic rings. The van der Waals surface area contributed by atoms with Crippen LogP contribution in [0.1, 0.15) is 43.4 Å². The van der Waals surface area contributed by atoms with E-state index in [-0.39, 0.29) is 18.6 Å². The summed E-state index contributed by atoms with van der Waals surface area (Å²) in [6.07, 6.45) is 1.78. The van der Waals surface area contributed by atoms with E-state index in [1.165, 1.54) is 0 Å². The summed E-state index contributed by atoms with van der Waals surface area (Å²) in [6.45, 7) is 2.03. The zero-order chi connectivity index (χ0) is 13.4. The van der Waals surface area contributed by atoms with Gasteiger partial charge in [0.05, 0.1) is 17.7 Å². The first kappa shape index (κ1) is 14.2. The Hall–Kier alpha value is -1.86. The van der Waals surface area contributed by atoms with Gasteiger partial charge in [-0.1, -0.05) is 12.1 Å². The number of hydrogen-bond donors (Lipinski definition) is 2. The molecular weight excluding hydrogens is 228 g/mol. The van der Waals surface area contributed by atoms with Crippen LogP contribution in [-0.2, 0) is 4.79 Å². The van der Waals surface area contributed by atoms with Gasteiger partial charge in [-0.15, -0.1) is 0 Å². The highest BCUT2D eigenvalue weighted by Gasteiger charge is 2.08. The number of benzene rings is 1. The highest BCUT2D eigenvalue weighted by Crippen LogP contribution is 2.13. The van der Waals surface area contributed by atoms with Crippen LogP contribution in [0, 0.1) is 11.3 Å². The first-order valence-corrected chi connectivity index (χ1v) is 6.07. The van der Waals surface area contributed by atoms with Crippen molar-refractivity contribution in [2.75, 3.05) is 6.61 Å². The fourth-order valence-corrected chi connectivity index (χ4v) is 1.64. The normalized spacial score (nSPS) is 11.6. The Kier molecular flexibility index (Phi) is 5.89. The Morgan fingerprint density at radius 3 is 2.61 bits per heavy atom. The number of amides is 1. The van der Waals surface area contributed by atoms with Crippen molar-refractivity contribution in [2.45, 2.75) is 32.2 Å². The van der Waals surface area contributed by atoms with Crippen molar-refractivity contribution in [2.24, 2.45) is 0 Å². The lowest BCUT2D eigenvalue weighted by Crippen LogP contribution is -2.26. The lowest BCUT2D eigenvalue weighted by atomic mass is 10.1. The summed E-state index contributed by atoms with van der Waals surface area (Å²) >= 11 is 0. The number of aliphatic hydroxyl groups is 1. The van der Waals surface area contributed by atoms with Gasteiger partial charge in [-0.3, -0.25) is 4.79 Å². The van der Waals surface area contributed by atoms with Crippen LogP contribution in [0.2, 0.25) is 0 Å². The summed E-state index contributed by atoms with van der Waals surface area (Å²) in [5, 5.41) is 20.2. The van der Waals surface area contributed by atoms with E-state index in [0.29, 0.717) is 24.8 Å². The second-order valence-electron chi connectivity index (χ2n) is 4.20. The Morgan fingerprint density at radius 1 is 1.39 bits per heavy atom. The molecule has 0 fully saturated rings. The number of nitrogens with zero attached hydrogens (tertiary/aromatic N) is 1. The minimum Gasteiger partial charge on any atom is -0.396 e. The van der Waals surface area contributed by atoms with Crippen LogP contribution in [0.5, 0.6) is 0 Å². The molecule has 1 unspecified atom stereocenters. The number of carbonyl (C=O) groups excluding carboxylic acids is 1. The van der Waals surface area contributed by atoms with Crippen molar-refractivity contribution in [3.8, 4) is 6.07 Å². The predicted octanol–water partition coefficient (Wildman–Crippen LogP) is 1.90. The first-order valence-electron chi connectivity index (χ1n) is 6.07. The fraction of sp³-hybridized carbons (Fsp3) is 0.429. The van der Waals surface area contributed by atoms with Gasteiger partial charge >= 0.3 is 0 Å². The predicted molar refractivity (Wildman–Crippen MR) is 68.7 cm³/mol. The van der Waals surface area contributed by atoms with Crippen molar-refractivity contribution < 1.29 is 9.90 Å². The maximum atomic E-state index is 11.6. The van der Waals surface area contributed by atoms with E-state index in [9.17, 15) is 4.79 Å². The lowest BCUT2D eigenvalue weighted by Gasteiger charge is -2.14. The molecule has 18 heavy (non-hydrogen) atoms. The number of aliphatic hydroxyl groups excluding tert-OH is 1. The number of unbranched alkanes of at least 4 members (excludes halogenated alkanes) is 1. The van der Waals surface area contributed by atoms with Crippen molar-refractivity contribution in [3.63, 3.8) is 0 Å². The molecular formula is C14H18N2O2. The van der Waals surface area contributed by atoms with Gasteiger partial charge in [0.1, 0.15) is 0 Å². The maximum Gasteiger partial charge on any atom is 0.220 e. The van der Waals surface area contributed by atoms with Crippen LogP contribution < -0.4 is 5.32 Å². The van der Waals surface area contributed by atoms with E-state index in [2.05, 4.69) is 11.4 Å². The second kappa shape index (κ2) is 7.46. The van der Waals surface area contributed by atoms with Crippen molar-refractivity contribution >= 4 is 5.91 Å². The van der Waals surface area contributed by atoms with E-state index in [4.69, 9.17) is 10.4 Å². The molecule has 1 atom stereocenters. The third-order valence-electron chi connectivity index (χ3n) is 2.73. The molecule has 4 nitrogen and oxygen atoms in total. The van der Waals surface area contributed by atoms with Gasteiger partial charge in [0.2, 0.25) is 5.91 Å². The molecule has 0 heterocycles. The molecule has 0 aromatic heterocycles. The fourth-order valence-electron chi connectivity index (χ4n) is 1.64. The van der Waals surface area contributed by atoms with Crippen LogP contribution in [0.3, 0.4) is 0 Å². The number of carbonyl (C=O) groups is 1. The van der Waals surface area contributed by atoms with Crippen LogP contribution >= 0.6 is 0 Å². The molecule has 96 valence electrons. The van der Waals surface area contributed by atoms with E-state index in [1.54, 1.807) is 12.1 Å². The highest BCUT2D eigenvalue weighted by molar-refractivity contribution is 5.76. The smallest absolute Gasteiger partial charge is 0.220 e. The summed E-state index contributed by atoms with van der Waals surface area (Å²) in [6, 6.07) is 9.16. The lowest BCUT2D eigenvalue weighted by molar-refractivity contribution is -0.121. The molecule has 1 aromatic carbocycles. The minimum atomic E-state index is -0.0700. The Morgan fingerprint density at radius 2 is 2.06 bits per heavy atom. The monoisotopic (exact) mass is 246 g/mol. The number of hydrogen-bond acceptors (Lipinski definition) is 3. The minimum absolute atomic E-state index is 0.0136. The van der Waals surface area contributed by atoms with Gasteiger partial charge in [-0.2, -0.15) is 5.26 Å². The molecule has 0 saturated heterocycles. The Balaban J connectivity index is 2.46. The molecule has 0 aliphatic heterocycles. The van der Waals surface area contributed by atoms with Gasteiger partial charge in [-0.05, 0) is 37.5 Å². The number of nitriles is 1. The topological polar surface area (TPSA) is 73.1 Å². The van der Waals surface area contributed by atoms with Gasteiger partial charge in [0.15, 0.2) is 0 Å². The Labute approximate surface area is 107 Å². The van der Waals surface area contributed by atoms with Crippen LogP contribution in [0.4, 0.5) is 0 Å². The molecule has 0 radical (unpaired) electrons. The summed E-state index contributed by atoms with van der Waals surface area (Å²) in [4.78, 5) is 11.6. The molecule has 1 rings (SSSR count). The first-order chi connectivity index (χ1) is 8.67. The molecule has 1 amide bonds. The summed E-state index contributed by atoms with van der Waals surface area (Å²) in [7, 11) is 0. The van der Waals surface area contributed by atoms with Crippen LogP contribution in [0.25, 0.3) is 0 Å². The molecule has 0 saturated carbocycles. The second-order valence-corrected chi connectivity index (χ2v) is 4.20.